The van der Waals surface area contributed by atoms with Gasteiger partial charge in [-0.2, -0.15) is 0 Å². The van der Waals surface area contributed by atoms with E-state index in [4.69, 9.17) is 0 Å². The van der Waals surface area contributed by atoms with Gasteiger partial charge in [-0.3, -0.25) is 0 Å². The van der Waals surface area contributed by atoms with Crippen LogP contribution in [0.25, 0.3) is 0 Å². The van der Waals surface area contributed by atoms with Crippen molar-refractivity contribution in [3.8, 4) is 0 Å². The average molecular weight is 279 g/mol. The largest absolute Gasteiger partial charge is 0.316 e. The van der Waals surface area contributed by atoms with Crippen LogP contribution in [-0.2, 0) is 12.3 Å². The van der Waals surface area contributed by atoms with Gasteiger partial charge in [0.2, 0.25) is 0 Å². The summed E-state index contributed by atoms with van der Waals surface area (Å²) in [4.78, 5) is 0.0868. The van der Waals surface area contributed by atoms with Gasteiger partial charge in [0, 0.05) is 12.3 Å². The Morgan fingerprint density at radius 1 is 1.00 bits per heavy atom. The van der Waals surface area contributed by atoms with E-state index in [2.05, 4.69) is 5.32 Å². The number of halogens is 2. The van der Waals surface area contributed by atoms with Crippen LogP contribution in [0.4, 0.5) is 8.78 Å². The molecule has 0 heterocycles. The molecule has 2 aromatic carbocycles. The van der Waals surface area contributed by atoms with E-state index >= 15 is 0 Å². The van der Waals surface area contributed by atoms with Crippen molar-refractivity contribution in [1.82, 2.24) is 5.32 Å². The van der Waals surface area contributed by atoms with Crippen LogP contribution in [0.15, 0.2) is 47.4 Å². The Balaban J connectivity index is 2.12. The Labute approximate surface area is 116 Å². The molecule has 0 aliphatic heterocycles. The number of thioether (sulfide) groups is 1. The fourth-order valence-corrected chi connectivity index (χ4v) is 2.68. The van der Waals surface area contributed by atoms with Crippen LogP contribution in [0.1, 0.15) is 11.1 Å². The van der Waals surface area contributed by atoms with E-state index in [9.17, 15) is 8.78 Å². The van der Waals surface area contributed by atoms with Crippen molar-refractivity contribution in [2.24, 2.45) is 0 Å². The molecule has 19 heavy (non-hydrogen) atoms. The molecule has 0 bridgehead atoms. The Morgan fingerprint density at radius 3 is 2.21 bits per heavy atom. The Kier molecular flexibility index (Phi) is 4.93. The summed E-state index contributed by atoms with van der Waals surface area (Å²) in [5.41, 5.74) is 1.66. The van der Waals surface area contributed by atoms with Gasteiger partial charge in [-0.1, -0.05) is 30.3 Å². The normalized spacial score (nSPS) is 10.7. The van der Waals surface area contributed by atoms with Gasteiger partial charge in [-0.15, -0.1) is 11.8 Å². The molecule has 0 saturated carbocycles. The van der Waals surface area contributed by atoms with Gasteiger partial charge in [0.25, 0.3) is 0 Å². The first-order chi connectivity index (χ1) is 9.20. The topological polar surface area (TPSA) is 12.0 Å². The summed E-state index contributed by atoms with van der Waals surface area (Å²) in [6, 6.07) is 12.4. The summed E-state index contributed by atoms with van der Waals surface area (Å²) in [5, 5.41) is 2.88. The van der Waals surface area contributed by atoms with Crippen molar-refractivity contribution in [1.29, 1.82) is 0 Å². The highest BCUT2D eigenvalue weighted by Gasteiger charge is 2.11. The Morgan fingerprint density at radius 2 is 1.63 bits per heavy atom. The molecule has 1 N–H and O–H groups in total. The number of nitrogens with one attached hydrogen (secondary N) is 1. The highest BCUT2D eigenvalue weighted by atomic mass is 32.2. The van der Waals surface area contributed by atoms with Crippen LogP contribution in [0, 0.1) is 11.6 Å². The Hall–Kier alpha value is -1.39. The molecule has 100 valence electrons. The molecule has 0 fully saturated rings. The summed E-state index contributed by atoms with van der Waals surface area (Å²) >= 11 is 1.18. The van der Waals surface area contributed by atoms with Crippen molar-refractivity contribution in [2.75, 3.05) is 7.05 Å². The van der Waals surface area contributed by atoms with E-state index < -0.39 is 11.6 Å². The summed E-state index contributed by atoms with van der Waals surface area (Å²) < 4.78 is 27.7. The van der Waals surface area contributed by atoms with Gasteiger partial charge in [0.1, 0.15) is 11.6 Å². The van der Waals surface area contributed by atoms with Crippen LogP contribution in [0.5, 0.6) is 0 Å². The molecule has 0 spiro atoms. The molecule has 2 aromatic rings. The van der Waals surface area contributed by atoms with E-state index in [0.717, 1.165) is 5.56 Å². The highest BCUT2D eigenvalue weighted by Crippen LogP contribution is 2.29. The number of hydrogen-bond acceptors (Lipinski definition) is 2. The molecular weight excluding hydrogens is 264 g/mol. The first-order valence-corrected chi connectivity index (χ1v) is 6.98. The van der Waals surface area contributed by atoms with Gasteiger partial charge in [0.15, 0.2) is 0 Å². The van der Waals surface area contributed by atoms with Gasteiger partial charge < -0.3 is 5.32 Å². The third-order valence-electron chi connectivity index (χ3n) is 2.66. The molecule has 2 rings (SSSR count). The molecule has 0 atom stereocenters. The molecule has 1 nitrogen and oxygen atoms in total. The molecule has 0 aliphatic carbocycles. The van der Waals surface area contributed by atoms with E-state index in [1.807, 2.05) is 30.3 Å². The van der Waals surface area contributed by atoms with Crippen molar-refractivity contribution in [3.05, 3.63) is 65.2 Å². The minimum Gasteiger partial charge on any atom is -0.316 e. The maximum atomic E-state index is 13.8. The van der Waals surface area contributed by atoms with Gasteiger partial charge in [-0.05, 0) is 30.3 Å². The van der Waals surface area contributed by atoms with Crippen LogP contribution < -0.4 is 5.32 Å². The molecule has 0 amide bonds. The van der Waals surface area contributed by atoms with E-state index in [1.165, 1.54) is 23.9 Å². The number of benzene rings is 2. The van der Waals surface area contributed by atoms with Crippen molar-refractivity contribution >= 4 is 11.8 Å². The fraction of sp³-hybridized carbons (Fsp3) is 0.200. The SMILES string of the molecule is CNCc1cc(F)c(SCc2ccccc2)c(F)c1. The molecule has 0 aromatic heterocycles. The van der Waals surface area contributed by atoms with Crippen LogP contribution in [0.2, 0.25) is 0 Å². The molecule has 0 saturated heterocycles. The minimum atomic E-state index is -0.494. The average Bonchev–Trinajstić information content (AvgIpc) is 2.39. The first-order valence-electron chi connectivity index (χ1n) is 6.00. The second kappa shape index (κ2) is 6.68. The minimum absolute atomic E-state index is 0.0868. The third-order valence-corrected chi connectivity index (χ3v) is 3.82. The maximum Gasteiger partial charge on any atom is 0.140 e. The molecule has 0 radical (unpaired) electrons. The highest BCUT2D eigenvalue weighted by molar-refractivity contribution is 7.98. The zero-order valence-electron chi connectivity index (χ0n) is 10.6. The molecular formula is C15H15F2NS. The summed E-state index contributed by atoms with van der Waals surface area (Å²) in [7, 11) is 1.74. The fourth-order valence-electron chi connectivity index (χ4n) is 1.79. The van der Waals surface area contributed by atoms with E-state index in [1.54, 1.807) is 7.05 Å². The predicted molar refractivity (Wildman–Crippen MR) is 75.1 cm³/mol. The van der Waals surface area contributed by atoms with Crippen molar-refractivity contribution in [2.45, 2.75) is 17.2 Å². The Bertz CT molecular complexity index is 520. The zero-order valence-corrected chi connectivity index (χ0v) is 11.4. The van der Waals surface area contributed by atoms with Gasteiger partial charge >= 0.3 is 0 Å². The molecule has 4 heteroatoms. The standard InChI is InChI=1S/C15H15F2NS/c1-18-9-12-7-13(16)15(14(17)8-12)19-10-11-5-3-2-4-6-11/h2-8,18H,9-10H2,1H3. The monoisotopic (exact) mass is 279 g/mol. The first kappa shape index (κ1) is 14.0. The van der Waals surface area contributed by atoms with Crippen LogP contribution in [0.3, 0.4) is 0 Å². The lowest BCUT2D eigenvalue weighted by atomic mass is 10.2. The number of rotatable bonds is 5. The predicted octanol–water partition coefficient (Wildman–Crippen LogP) is 3.98. The van der Waals surface area contributed by atoms with Crippen LogP contribution in [-0.4, -0.2) is 7.05 Å². The summed E-state index contributed by atoms with van der Waals surface area (Å²) in [6.45, 7) is 0.456. The number of hydrogen-bond donors (Lipinski definition) is 1. The van der Waals surface area contributed by atoms with Crippen molar-refractivity contribution < 1.29 is 8.78 Å². The lowest BCUT2D eigenvalue weighted by Gasteiger charge is -2.08. The van der Waals surface area contributed by atoms with Crippen LogP contribution >= 0.6 is 11.8 Å². The van der Waals surface area contributed by atoms with Gasteiger partial charge in [-0.25, -0.2) is 8.78 Å². The second-order valence-corrected chi connectivity index (χ2v) is 5.18. The zero-order chi connectivity index (χ0) is 13.7. The lowest BCUT2D eigenvalue weighted by molar-refractivity contribution is 0.536. The van der Waals surface area contributed by atoms with E-state index in [-0.39, 0.29) is 4.90 Å². The summed E-state index contributed by atoms with van der Waals surface area (Å²) in [6.07, 6.45) is 0. The molecule has 0 unspecified atom stereocenters. The maximum absolute atomic E-state index is 13.8. The van der Waals surface area contributed by atoms with E-state index in [0.29, 0.717) is 17.9 Å². The lowest BCUT2D eigenvalue weighted by Crippen LogP contribution is -2.06. The smallest absolute Gasteiger partial charge is 0.140 e. The van der Waals surface area contributed by atoms with Crippen molar-refractivity contribution in [3.63, 3.8) is 0 Å². The van der Waals surface area contributed by atoms with Gasteiger partial charge in [0.05, 0.1) is 4.90 Å². The third kappa shape index (κ3) is 3.78. The summed E-state index contributed by atoms with van der Waals surface area (Å²) in [5.74, 6) is -0.433. The second-order valence-electron chi connectivity index (χ2n) is 4.19. The quantitative estimate of drug-likeness (QED) is 0.831. The molecule has 0 aliphatic rings.